The highest BCUT2D eigenvalue weighted by Gasteiger charge is 2.28. The van der Waals surface area contributed by atoms with Crippen LogP contribution in [0.4, 0.5) is 0 Å². The standard InChI is InChI=1S/C12H25/c1-9(2)8-12(6,7)11(5)10(3)4/h9-11H,3,8H2,1-2,4-7H3. The van der Waals surface area contributed by atoms with Gasteiger partial charge in [0.25, 0.3) is 0 Å². The van der Waals surface area contributed by atoms with Crippen LogP contribution in [0.1, 0.15) is 48.0 Å². The van der Waals surface area contributed by atoms with Crippen LogP contribution in [0.5, 0.6) is 0 Å². The van der Waals surface area contributed by atoms with Crippen molar-refractivity contribution in [1.82, 2.24) is 0 Å². The summed E-state index contributed by atoms with van der Waals surface area (Å²) < 4.78 is 0. The van der Waals surface area contributed by atoms with Crippen LogP contribution in [-0.4, -0.2) is 0 Å². The van der Waals surface area contributed by atoms with Gasteiger partial charge in [0.15, 0.2) is 0 Å². The van der Waals surface area contributed by atoms with Gasteiger partial charge in [-0.15, -0.1) is 0 Å². The molecule has 12 heavy (non-hydrogen) atoms. The van der Waals surface area contributed by atoms with Gasteiger partial charge in [0.05, 0.1) is 0 Å². The zero-order valence-corrected chi connectivity index (χ0v) is 9.65. The molecule has 0 aromatic carbocycles. The molecule has 2 unspecified atom stereocenters. The Morgan fingerprint density at radius 3 is 1.75 bits per heavy atom. The molecule has 0 aromatic rings. The molecule has 0 spiro atoms. The minimum Gasteiger partial charge on any atom is -0.0628 e. The molecule has 0 rings (SSSR count). The fraction of sp³-hybridized carbons (Fsp3) is 0.917. The summed E-state index contributed by atoms with van der Waals surface area (Å²) in [7, 11) is 0. The molecule has 2 atom stereocenters. The third kappa shape index (κ3) is 3.60. The molecule has 0 bridgehead atoms. The van der Waals surface area contributed by atoms with E-state index in [-0.39, 0.29) is 0 Å². The van der Waals surface area contributed by atoms with E-state index in [1.54, 1.807) is 0 Å². The van der Waals surface area contributed by atoms with E-state index in [2.05, 4.69) is 48.5 Å². The SMILES string of the molecule is [CH2]C(C)C(C)C(C)(C)CC(C)C. The van der Waals surface area contributed by atoms with E-state index in [9.17, 15) is 0 Å². The molecule has 0 amide bonds. The second-order valence-corrected chi connectivity index (χ2v) is 5.35. The fourth-order valence-corrected chi connectivity index (χ4v) is 2.01. The third-order valence-corrected chi connectivity index (χ3v) is 3.02. The molecule has 0 N–H and O–H groups in total. The van der Waals surface area contributed by atoms with E-state index in [0.717, 1.165) is 5.92 Å². The van der Waals surface area contributed by atoms with Crippen LogP contribution in [0.2, 0.25) is 0 Å². The predicted molar refractivity (Wildman–Crippen MR) is 56.9 cm³/mol. The second kappa shape index (κ2) is 4.30. The van der Waals surface area contributed by atoms with E-state index < -0.39 is 0 Å². The Hall–Kier alpha value is 0. The maximum absolute atomic E-state index is 4.11. The van der Waals surface area contributed by atoms with Crippen molar-refractivity contribution in [2.45, 2.75) is 48.0 Å². The fourth-order valence-electron chi connectivity index (χ4n) is 2.01. The Bertz CT molecular complexity index is 120. The molecule has 0 aliphatic heterocycles. The molecule has 0 saturated carbocycles. The summed E-state index contributed by atoms with van der Waals surface area (Å²) in [5, 5.41) is 0. The maximum Gasteiger partial charge on any atom is -0.0324 e. The van der Waals surface area contributed by atoms with Gasteiger partial charge in [-0.25, -0.2) is 0 Å². The van der Waals surface area contributed by atoms with Crippen LogP contribution in [0, 0.1) is 30.1 Å². The lowest BCUT2D eigenvalue weighted by Crippen LogP contribution is -2.27. The smallest absolute Gasteiger partial charge is 0.0324 e. The van der Waals surface area contributed by atoms with Crippen molar-refractivity contribution < 1.29 is 0 Å². The van der Waals surface area contributed by atoms with Gasteiger partial charge in [-0.05, 0) is 29.6 Å². The Morgan fingerprint density at radius 1 is 1.08 bits per heavy atom. The average molecular weight is 169 g/mol. The van der Waals surface area contributed by atoms with Crippen molar-refractivity contribution >= 4 is 0 Å². The molecular weight excluding hydrogens is 144 g/mol. The van der Waals surface area contributed by atoms with Gasteiger partial charge in [-0.3, -0.25) is 0 Å². The summed E-state index contributed by atoms with van der Waals surface area (Å²) in [4.78, 5) is 0. The van der Waals surface area contributed by atoms with Gasteiger partial charge in [-0.1, -0.05) is 48.5 Å². The van der Waals surface area contributed by atoms with Crippen molar-refractivity contribution in [2.75, 3.05) is 0 Å². The van der Waals surface area contributed by atoms with Gasteiger partial charge in [-0.2, -0.15) is 0 Å². The van der Waals surface area contributed by atoms with Crippen LogP contribution in [0.25, 0.3) is 0 Å². The van der Waals surface area contributed by atoms with Gasteiger partial charge in [0, 0.05) is 0 Å². The molecule has 0 fully saturated rings. The highest BCUT2D eigenvalue weighted by atomic mass is 14.3. The first kappa shape index (κ1) is 12.0. The van der Waals surface area contributed by atoms with Crippen LogP contribution in [-0.2, 0) is 0 Å². The molecule has 1 radical (unpaired) electrons. The van der Waals surface area contributed by atoms with Crippen molar-refractivity contribution in [3.63, 3.8) is 0 Å². The van der Waals surface area contributed by atoms with Crippen LogP contribution < -0.4 is 0 Å². The number of hydrogen-bond donors (Lipinski definition) is 0. The highest BCUT2D eigenvalue weighted by Crippen LogP contribution is 2.37. The van der Waals surface area contributed by atoms with E-state index in [4.69, 9.17) is 0 Å². The molecule has 0 saturated heterocycles. The van der Waals surface area contributed by atoms with E-state index >= 15 is 0 Å². The molecule has 0 aliphatic carbocycles. The largest absolute Gasteiger partial charge is 0.0628 e. The maximum atomic E-state index is 4.11. The molecule has 0 heterocycles. The number of rotatable bonds is 4. The van der Waals surface area contributed by atoms with Crippen LogP contribution in [0.15, 0.2) is 0 Å². The zero-order chi connectivity index (χ0) is 9.94. The quantitative estimate of drug-likeness (QED) is 0.592. The minimum atomic E-state index is 0.440. The van der Waals surface area contributed by atoms with Crippen molar-refractivity contribution in [3.05, 3.63) is 6.92 Å². The second-order valence-electron chi connectivity index (χ2n) is 5.35. The summed E-state index contributed by atoms with van der Waals surface area (Å²) in [5.41, 5.74) is 0.440. The molecule has 0 nitrogen and oxygen atoms in total. The first-order chi connectivity index (χ1) is 5.27. The predicted octanol–water partition coefficient (Wildman–Crippen LogP) is 4.16. The first-order valence-corrected chi connectivity index (χ1v) is 5.10. The summed E-state index contributed by atoms with van der Waals surface area (Å²) in [6.07, 6.45) is 1.30. The zero-order valence-electron chi connectivity index (χ0n) is 9.65. The highest BCUT2D eigenvalue weighted by molar-refractivity contribution is 4.80. The van der Waals surface area contributed by atoms with Crippen molar-refractivity contribution in [1.29, 1.82) is 0 Å². The Labute approximate surface area is 78.8 Å². The van der Waals surface area contributed by atoms with E-state index in [1.807, 2.05) is 0 Å². The Balaban J connectivity index is 4.18. The lowest BCUT2D eigenvalue weighted by molar-refractivity contribution is 0.151. The molecular formula is C12H25. The van der Waals surface area contributed by atoms with Crippen molar-refractivity contribution in [3.8, 4) is 0 Å². The topological polar surface area (TPSA) is 0 Å². The normalized spacial score (nSPS) is 15.8. The van der Waals surface area contributed by atoms with Crippen LogP contribution in [0.3, 0.4) is 0 Å². The van der Waals surface area contributed by atoms with E-state index in [1.165, 1.54) is 6.42 Å². The minimum absolute atomic E-state index is 0.440. The van der Waals surface area contributed by atoms with Gasteiger partial charge >= 0.3 is 0 Å². The molecule has 0 aromatic heterocycles. The summed E-state index contributed by atoms with van der Waals surface area (Å²) >= 11 is 0. The Kier molecular flexibility index (Phi) is 4.30. The lowest BCUT2D eigenvalue weighted by atomic mass is 9.70. The van der Waals surface area contributed by atoms with Crippen molar-refractivity contribution in [2.24, 2.45) is 23.2 Å². The number of hydrogen-bond acceptors (Lipinski definition) is 0. The van der Waals surface area contributed by atoms with Crippen LogP contribution >= 0.6 is 0 Å². The first-order valence-electron chi connectivity index (χ1n) is 5.10. The molecule has 0 heteroatoms. The van der Waals surface area contributed by atoms with E-state index in [0.29, 0.717) is 17.3 Å². The molecule has 0 aliphatic rings. The van der Waals surface area contributed by atoms with Gasteiger partial charge in [0.2, 0.25) is 0 Å². The Morgan fingerprint density at radius 2 is 1.50 bits per heavy atom. The lowest BCUT2D eigenvalue weighted by Gasteiger charge is -2.36. The third-order valence-electron chi connectivity index (χ3n) is 3.02. The molecule has 73 valence electrons. The summed E-state index contributed by atoms with van der Waals surface area (Å²) in [6, 6.07) is 0. The summed E-state index contributed by atoms with van der Waals surface area (Å²) in [5.74, 6) is 2.06. The van der Waals surface area contributed by atoms with Gasteiger partial charge in [0.1, 0.15) is 0 Å². The van der Waals surface area contributed by atoms with Gasteiger partial charge < -0.3 is 0 Å². The average Bonchev–Trinajstić information content (AvgIpc) is 1.82. The monoisotopic (exact) mass is 169 g/mol. The summed E-state index contributed by atoms with van der Waals surface area (Å²) in [6.45, 7) is 18.0.